The van der Waals surface area contributed by atoms with Crippen molar-refractivity contribution in [3.63, 3.8) is 0 Å². The Hall–Kier alpha value is -5.84. The summed E-state index contributed by atoms with van der Waals surface area (Å²) in [6.45, 7) is 24.2. The van der Waals surface area contributed by atoms with Crippen molar-refractivity contribution in [1.29, 1.82) is 0 Å². The van der Waals surface area contributed by atoms with E-state index in [1.165, 1.54) is 72.0 Å². The molecule has 5 aromatic rings. The van der Waals surface area contributed by atoms with E-state index in [2.05, 4.69) is 110 Å². The van der Waals surface area contributed by atoms with Crippen molar-refractivity contribution in [3.05, 3.63) is 48.8 Å². The van der Waals surface area contributed by atoms with Gasteiger partial charge in [-0.25, -0.2) is 14.2 Å². The molecule has 8 saturated carbocycles. The molecule has 17 heteroatoms. The number of nitrogens with one attached hydrogen (secondary N) is 1. The largest absolute Gasteiger partial charge is 0.469 e. The highest BCUT2D eigenvalue weighted by Crippen LogP contribution is 2.73. The fourth-order valence-corrected chi connectivity index (χ4v) is 23.0. The van der Waals surface area contributed by atoms with Crippen molar-refractivity contribution < 1.29 is 43.2 Å². The molecular weight excluding hydrogens is 1170 g/mol. The highest BCUT2D eigenvalue weighted by molar-refractivity contribution is 6.10. The summed E-state index contributed by atoms with van der Waals surface area (Å²) in [7, 11) is 2.98. The van der Waals surface area contributed by atoms with Gasteiger partial charge < -0.3 is 33.9 Å². The Balaban J connectivity index is 0.661. The minimum absolute atomic E-state index is 0.0263. The Kier molecular flexibility index (Phi) is 17.7. The van der Waals surface area contributed by atoms with Gasteiger partial charge in [-0.05, 0) is 247 Å². The number of esters is 3. The molecule has 8 aliphatic carbocycles. The van der Waals surface area contributed by atoms with Gasteiger partial charge in [0.2, 0.25) is 0 Å². The fraction of sp³-hybridized carbons (Fsp3) is 0.737. The van der Waals surface area contributed by atoms with Crippen molar-refractivity contribution in [2.24, 2.45) is 98.6 Å². The normalized spacial score (nSPS) is 36.0. The summed E-state index contributed by atoms with van der Waals surface area (Å²) < 4.78 is 27.6. The van der Waals surface area contributed by atoms with Crippen LogP contribution in [0.1, 0.15) is 198 Å². The van der Waals surface area contributed by atoms with Gasteiger partial charge in [0.25, 0.3) is 0 Å². The molecule has 0 saturated heterocycles. The number of aliphatic hydroxyl groups is 1. The Morgan fingerprint density at radius 3 is 1.88 bits per heavy atom. The number of alkyl carbamates (subject to hydrolysis) is 1. The summed E-state index contributed by atoms with van der Waals surface area (Å²) in [5.41, 5.74) is 4.62. The van der Waals surface area contributed by atoms with Gasteiger partial charge in [0.05, 0.1) is 38.8 Å². The van der Waals surface area contributed by atoms with E-state index in [1.54, 1.807) is 4.68 Å². The van der Waals surface area contributed by atoms with Crippen LogP contribution in [0.4, 0.5) is 4.79 Å². The monoisotopic (exact) mass is 1280 g/mol. The smallest absolute Gasteiger partial charge is 0.407 e. The van der Waals surface area contributed by atoms with Crippen LogP contribution in [0, 0.1) is 98.6 Å². The van der Waals surface area contributed by atoms with Gasteiger partial charge in [-0.1, -0.05) is 83.2 Å². The average molecular weight is 1280 g/mol. The predicted octanol–water partition coefficient (Wildman–Crippen LogP) is 14.8. The zero-order chi connectivity index (χ0) is 65.7. The molecule has 0 radical (unpaired) electrons. The van der Waals surface area contributed by atoms with Gasteiger partial charge in [-0.3, -0.25) is 14.4 Å². The number of amides is 1. The molecular formula is C76H108N8O9. The molecule has 0 spiro atoms. The van der Waals surface area contributed by atoms with E-state index in [0.717, 1.165) is 120 Å². The molecule has 2 aromatic carbocycles. The molecule has 506 valence electrons. The molecule has 13 rings (SSSR count). The molecule has 0 aliphatic heterocycles. The standard InChI is InChI=1S/C76H108N8O9/c1-45(13-23-67(85)90-11)56-21-22-57-54-20-17-50-40-76(89,32-31-72(50,7)58(54)26-29-73(56,57)8)44-83-42-64(79-81-83)49-16-19-53-52-18-15-48(36-65(52)84(66(53)37-49)34-33-77-70(88)93-71(4,5)6)63-41-82(80-78-63)43-69(87)92-51-25-28-74(9)59-27-30-75(10)61(46(2)14-24-68(86)91-12)39-62(75)55(59)35-47(3)60(74)38-51/h15-16,18-19,36-37,41-42,45-47,50-51,54-62,89H,13-14,17,20-35,38-40,43-44H2,1-12H3,(H,77,88)/t45-,46-,47+,50?,51?,54?,55-,56?,57?,58?,59?,60+,61?,62?,72?,73?,74?,75?,76?/m1/s1. The summed E-state index contributed by atoms with van der Waals surface area (Å²) in [5, 5.41) is 36.0. The van der Waals surface area contributed by atoms with Crippen LogP contribution in [0.3, 0.4) is 0 Å². The number of aromatic nitrogens is 7. The van der Waals surface area contributed by atoms with Crippen LogP contribution in [-0.2, 0) is 53.0 Å². The number of rotatable bonds is 18. The van der Waals surface area contributed by atoms with E-state index in [-0.39, 0.29) is 41.4 Å². The Morgan fingerprint density at radius 2 is 1.24 bits per heavy atom. The van der Waals surface area contributed by atoms with Gasteiger partial charge in [0, 0.05) is 58.9 Å². The van der Waals surface area contributed by atoms with Gasteiger partial charge >= 0.3 is 24.0 Å². The molecule has 8 fully saturated rings. The van der Waals surface area contributed by atoms with E-state index in [9.17, 15) is 24.3 Å². The first-order valence-corrected chi connectivity index (χ1v) is 36.1. The summed E-state index contributed by atoms with van der Waals surface area (Å²) >= 11 is 0. The van der Waals surface area contributed by atoms with Crippen molar-refractivity contribution in [3.8, 4) is 22.5 Å². The fourth-order valence-electron chi connectivity index (χ4n) is 23.0. The minimum atomic E-state index is -0.879. The van der Waals surface area contributed by atoms with E-state index in [4.69, 9.17) is 24.0 Å². The number of fused-ring (bicyclic) bond motifs is 13. The molecule has 19 atom stereocenters. The van der Waals surface area contributed by atoms with Crippen LogP contribution in [-0.4, -0.2) is 102 Å². The lowest BCUT2D eigenvalue weighted by molar-refractivity contribution is -0.211. The lowest BCUT2D eigenvalue weighted by Gasteiger charge is -2.69. The van der Waals surface area contributed by atoms with Crippen molar-refractivity contribution in [2.45, 2.75) is 235 Å². The first-order valence-electron chi connectivity index (χ1n) is 36.1. The SMILES string of the molecule is COC(=O)CC[C@@H](C)C1CCC2C3CCC4CC(O)(Cn5cc(-c6ccc7c8ccc(-c9cn(CC(=O)OC%10CCC%11(C)C%12CCC%13(C)C(CC%13[C@H](C)CCC(=O)OC)[C@@H]%12C[C@H](C)[C@@H]%11C%10)nn9)cc8n(CCNC(=O)OC(C)(C)C)c7c6)nn5)CCC4(C)C3CCC21C. The van der Waals surface area contributed by atoms with Crippen molar-refractivity contribution >= 4 is 45.8 Å². The number of hydrogen-bond acceptors (Lipinski definition) is 13. The third kappa shape index (κ3) is 12.1. The second-order valence-corrected chi connectivity index (χ2v) is 33.6. The minimum Gasteiger partial charge on any atom is -0.469 e. The van der Waals surface area contributed by atoms with E-state index >= 15 is 0 Å². The summed E-state index contributed by atoms with van der Waals surface area (Å²) in [6, 6.07) is 12.6. The average Bonchev–Trinajstić information content (AvgIpc) is 1.30. The zero-order valence-electron chi connectivity index (χ0n) is 58.0. The highest BCUT2D eigenvalue weighted by Gasteiger charge is 2.65. The third-order valence-electron chi connectivity index (χ3n) is 27.7. The van der Waals surface area contributed by atoms with E-state index in [0.29, 0.717) is 102 Å². The second kappa shape index (κ2) is 25.0. The van der Waals surface area contributed by atoms with Crippen LogP contribution < -0.4 is 5.32 Å². The Bertz CT molecular complexity index is 3600. The Labute approximate surface area is 551 Å². The number of hydrogen-bond donors (Lipinski definition) is 2. The van der Waals surface area contributed by atoms with E-state index in [1.807, 2.05) is 37.8 Å². The first kappa shape index (κ1) is 65.8. The summed E-state index contributed by atoms with van der Waals surface area (Å²) in [5.74, 6) is 7.72. The molecule has 93 heavy (non-hydrogen) atoms. The van der Waals surface area contributed by atoms with Crippen LogP contribution >= 0.6 is 0 Å². The summed E-state index contributed by atoms with van der Waals surface area (Å²) in [4.78, 5) is 50.9. The molecule has 2 N–H and O–H groups in total. The molecule has 3 heterocycles. The lowest BCUT2D eigenvalue weighted by Crippen LogP contribution is -2.62. The number of ether oxygens (including phenoxy) is 4. The zero-order valence-corrected chi connectivity index (χ0v) is 58.0. The maximum absolute atomic E-state index is 13.8. The Morgan fingerprint density at radius 1 is 0.645 bits per heavy atom. The maximum Gasteiger partial charge on any atom is 0.407 e. The molecule has 3 aromatic heterocycles. The molecule has 1 amide bonds. The number of benzene rings is 2. The summed E-state index contributed by atoms with van der Waals surface area (Å²) in [6.07, 6.45) is 24.0. The lowest BCUT2D eigenvalue weighted by atomic mass is 9.36. The second-order valence-electron chi connectivity index (χ2n) is 33.6. The topological polar surface area (TPSA) is 204 Å². The van der Waals surface area contributed by atoms with Gasteiger partial charge in [-0.15, -0.1) is 10.2 Å². The third-order valence-corrected chi connectivity index (χ3v) is 27.7. The predicted molar refractivity (Wildman–Crippen MR) is 358 cm³/mol. The number of methoxy groups -OCH3 is 2. The van der Waals surface area contributed by atoms with E-state index < -0.39 is 17.3 Å². The first-order chi connectivity index (χ1) is 44.2. The number of nitrogens with zero attached hydrogens (tertiary/aromatic N) is 7. The molecule has 17 nitrogen and oxygen atoms in total. The van der Waals surface area contributed by atoms with Crippen LogP contribution in [0.2, 0.25) is 0 Å². The molecule has 0 bridgehead atoms. The quantitative estimate of drug-likeness (QED) is 0.0620. The highest BCUT2D eigenvalue weighted by atomic mass is 16.6. The molecule has 8 aliphatic rings. The number of carbonyl (C=O) groups excluding carboxylic acids is 4. The van der Waals surface area contributed by atoms with Crippen LogP contribution in [0.25, 0.3) is 44.3 Å². The van der Waals surface area contributed by atoms with Crippen LogP contribution in [0.15, 0.2) is 48.8 Å². The molecule has 14 unspecified atom stereocenters. The number of carbonyl (C=O) groups is 4. The van der Waals surface area contributed by atoms with Crippen molar-refractivity contribution in [2.75, 3.05) is 20.8 Å². The van der Waals surface area contributed by atoms with Gasteiger partial charge in [0.1, 0.15) is 29.6 Å². The van der Waals surface area contributed by atoms with Crippen LogP contribution in [0.5, 0.6) is 0 Å². The van der Waals surface area contributed by atoms with Gasteiger partial charge in [-0.2, -0.15) is 0 Å². The van der Waals surface area contributed by atoms with Crippen molar-refractivity contribution in [1.82, 2.24) is 39.9 Å². The maximum atomic E-state index is 13.8. The van der Waals surface area contributed by atoms with Gasteiger partial charge in [0.15, 0.2) is 0 Å².